The Morgan fingerprint density at radius 1 is 1.42 bits per heavy atom. The lowest BCUT2D eigenvalue weighted by atomic mass is 10.2. The van der Waals surface area contributed by atoms with Crippen LogP contribution < -0.4 is 4.74 Å². The second kappa shape index (κ2) is 7.39. The minimum Gasteiger partial charge on any atom is -0.490 e. The fourth-order valence-electron chi connectivity index (χ4n) is 1.87. The molecule has 1 aromatic rings. The molecule has 1 heterocycles. The van der Waals surface area contributed by atoms with Crippen molar-refractivity contribution >= 4 is 23.4 Å². The van der Waals surface area contributed by atoms with Gasteiger partial charge >= 0.3 is 0 Å². The van der Waals surface area contributed by atoms with Crippen LogP contribution in [0.3, 0.4) is 0 Å². The van der Waals surface area contributed by atoms with E-state index in [1.165, 1.54) is 0 Å². The van der Waals surface area contributed by atoms with Crippen molar-refractivity contribution in [2.24, 2.45) is 5.92 Å². The first kappa shape index (κ1) is 15.0. The zero-order valence-corrected chi connectivity index (χ0v) is 12.8. The monoisotopic (exact) mass is 302 g/mol. The highest BCUT2D eigenvalue weighted by molar-refractivity contribution is 7.99. The minimum absolute atomic E-state index is 0.239. The van der Waals surface area contributed by atoms with E-state index in [1.807, 2.05) is 18.2 Å². The average Bonchev–Trinajstić information content (AvgIpc) is 2.79. The van der Waals surface area contributed by atoms with Gasteiger partial charge in [-0.05, 0) is 30.5 Å². The summed E-state index contributed by atoms with van der Waals surface area (Å²) in [6, 6.07) is 5.84. The SMILES string of the molecule is COCCOc1cc(SC2C[C@@H](C)CO2)ccc1Cl. The molecule has 1 aliphatic heterocycles. The van der Waals surface area contributed by atoms with Crippen LogP contribution in [0.1, 0.15) is 13.3 Å². The molecule has 1 fully saturated rings. The first-order valence-electron chi connectivity index (χ1n) is 6.38. The van der Waals surface area contributed by atoms with E-state index in [0.29, 0.717) is 29.9 Å². The lowest BCUT2D eigenvalue weighted by molar-refractivity contribution is 0.146. The molecule has 0 bridgehead atoms. The van der Waals surface area contributed by atoms with E-state index in [4.69, 9.17) is 25.8 Å². The molecule has 1 aliphatic rings. The summed E-state index contributed by atoms with van der Waals surface area (Å²) < 4.78 is 16.3. The van der Waals surface area contributed by atoms with Crippen molar-refractivity contribution in [2.45, 2.75) is 23.7 Å². The predicted molar refractivity (Wildman–Crippen MR) is 78.2 cm³/mol. The molecule has 0 radical (unpaired) electrons. The molecule has 0 amide bonds. The van der Waals surface area contributed by atoms with Gasteiger partial charge in [-0.3, -0.25) is 0 Å². The molecule has 1 aromatic carbocycles. The summed E-state index contributed by atoms with van der Waals surface area (Å²) >= 11 is 7.83. The molecule has 0 aliphatic carbocycles. The van der Waals surface area contributed by atoms with Crippen LogP contribution >= 0.6 is 23.4 Å². The van der Waals surface area contributed by atoms with Crippen LogP contribution in [0.5, 0.6) is 5.75 Å². The molecule has 1 unspecified atom stereocenters. The Balaban J connectivity index is 1.95. The van der Waals surface area contributed by atoms with E-state index >= 15 is 0 Å². The lowest BCUT2D eigenvalue weighted by Gasteiger charge is -2.12. The summed E-state index contributed by atoms with van der Waals surface area (Å²) in [6.45, 7) is 4.11. The number of methoxy groups -OCH3 is 1. The van der Waals surface area contributed by atoms with Gasteiger partial charge < -0.3 is 14.2 Å². The number of ether oxygens (including phenoxy) is 3. The summed E-state index contributed by atoms with van der Waals surface area (Å²) in [7, 11) is 1.65. The standard InChI is InChI=1S/C14H19ClO3S/c1-10-7-14(18-9-10)19-11-3-4-12(15)13(8-11)17-6-5-16-2/h3-4,8,10,14H,5-7,9H2,1-2H3/t10-,14?/m1/s1. The van der Waals surface area contributed by atoms with Crippen molar-refractivity contribution in [1.29, 1.82) is 0 Å². The van der Waals surface area contributed by atoms with Crippen LogP contribution in [0.2, 0.25) is 5.02 Å². The smallest absolute Gasteiger partial charge is 0.139 e. The van der Waals surface area contributed by atoms with Crippen LogP contribution in [-0.2, 0) is 9.47 Å². The molecule has 1 saturated heterocycles. The van der Waals surface area contributed by atoms with Gasteiger partial charge in [0.25, 0.3) is 0 Å². The van der Waals surface area contributed by atoms with Gasteiger partial charge in [0, 0.05) is 12.0 Å². The quantitative estimate of drug-likeness (QED) is 0.746. The van der Waals surface area contributed by atoms with Gasteiger partial charge in [0.15, 0.2) is 0 Å². The molecule has 2 atom stereocenters. The molecular formula is C14H19ClO3S. The van der Waals surface area contributed by atoms with Crippen LogP contribution in [0, 0.1) is 5.92 Å². The highest BCUT2D eigenvalue weighted by atomic mass is 35.5. The van der Waals surface area contributed by atoms with E-state index in [1.54, 1.807) is 18.9 Å². The second-order valence-corrected chi connectivity index (χ2v) is 6.30. The summed E-state index contributed by atoms with van der Waals surface area (Å²) in [5, 5.41) is 0.626. The molecule has 106 valence electrons. The normalized spacial score (nSPS) is 22.7. The Labute approximate surface area is 123 Å². The number of hydrogen-bond acceptors (Lipinski definition) is 4. The van der Waals surface area contributed by atoms with Crippen LogP contribution in [0.15, 0.2) is 23.1 Å². The molecule has 0 saturated carbocycles. The Bertz CT molecular complexity index is 414. The largest absolute Gasteiger partial charge is 0.490 e. The lowest BCUT2D eigenvalue weighted by Crippen LogP contribution is -2.05. The van der Waals surface area contributed by atoms with Gasteiger partial charge in [-0.25, -0.2) is 0 Å². The van der Waals surface area contributed by atoms with Crippen molar-refractivity contribution in [3.63, 3.8) is 0 Å². The van der Waals surface area contributed by atoms with Gasteiger partial charge in [-0.15, -0.1) is 0 Å². The number of thioether (sulfide) groups is 1. The number of benzene rings is 1. The molecule has 19 heavy (non-hydrogen) atoms. The predicted octanol–water partition coefficient (Wildman–Crippen LogP) is 3.84. The van der Waals surface area contributed by atoms with Gasteiger partial charge in [0.1, 0.15) is 17.8 Å². The van der Waals surface area contributed by atoms with Gasteiger partial charge in [0.05, 0.1) is 18.2 Å². The van der Waals surface area contributed by atoms with E-state index in [-0.39, 0.29) is 5.44 Å². The number of halogens is 1. The van der Waals surface area contributed by atoms with Crippen molar-refractivity contribution in [3.8, 4) is 5.75 Å². The maximum absolute atomic E-state index is 6.11. The van der Waals surface area contributed by atoms with Crippen molar-refractivity contribution < 1.29 is 14.2 Å². The van der Waals surface area contributed by atoms with E-state index in [9.17, 15) is 0 Å². The fourth-order valence-corrected chi connectivity index (χ4v) is 3.24. The van der Waals surface area contributed by atoms with E-state index in [2.05, 4.69) is 6.92 Å². The third-order valence-electron chi connectivity index (χ3n) is 2.88. The topological polar surface area (TPSA) is 27.7 Å². The first-order valence-corrected chi connectivity index (χ1v) is 7.64. The maximum atomic E-state index is 6.11. The molecule has 2 rings (SSSR count). The second-order valence-electron chi connectivity index (χ2n) is 4.66. The highest BCUT2D eigenvalue weighted by Crippen LogP contribution is 2.36. The highest BCUT2D eigenvalue weighted by Gasteiger charge is 2.23. The summed E-state index contributed by atoms with van der Waals surface area (Å²) in [5.41, 5.74) is 0.239. The molecule has 0 aromatic heterocycles. The Morgan fingerprint density at radius 2 is 2.26 bits per heavy atom. The Hall–Kier alpha value is -0.420. The van der Waals surface area contributed by atoms with E-state index < -0.39 is 0 Å². The van der Waals surface area contributed by atoms with Gasteiger partial charge in [0.2, 0.25) is 0 Å². The third kappa shape index (κ3) is 4.56. The molecular weight excluding hydrogens is 284 g/mol. The Kier molecular flexibility index (Phi) is 5.82. The maximum Gasteiger partial charge on any atom is 0.139 e. The molecule has 0 N–H and O–H groups in total. The summed E-state index contributed by atoms with van der Waals surface area (Å²) in [5.74, 6) is 1.34. The van der Waals surface area contributed by atoms with Crippen molar-refractivity contribution in [2.75, 3.05) is 26.9 Å². The zero-order chi connectivity index (χ0) is 13.7. The minimum atomic E-state index is 0.239. The number of rotatable bonds is 6. The van der Waals surface area contributed by atoms with Crippen molar-refractivity contribution in [1.82, 2.24) is 0 Å². The van der Waals surface area contributed by atoms with Crippen LogP contribution in [0.4, 0.5) is 0 Å². The van der Waals surface area contributed by atoms with E-state index in [0.717, 1.165) is 17.9 Å². The summed E-state index contributed by atoms with van der Waals surface area (Å²) in [6.07, 6.45) is 1.09. The van der Waals surface area contributed by atoms with Gasteiger partial charge in [-0.1, -0.05) is 30.3 Å². The first-order chi connectivity index (χ1) is 9.19. The zero-order valence-electron chi connectivity index (χ0n) is 11.2. The average molecular weight is 303 g/mol. The Morgan fingerprint density at radius 3 is 2.95 bits per heavy atom. The van der Waals surface area contributed by atoms with Crippen LogP contribution in [0.25, 0.3) is 0 Å². The molecule has 3 nitrogen and oxygen atoms in total. The molecule has 5 heteroatoms. The number of hydrogen-bond donors (Lipinski definition) is 0. The third-order valence-corrected chi connectivity index (χ3v) is 4.31. The van der Waals surface area contributed by atoms with Crippen LogP contribution in [-0.4, -0.2) is 32.4 Å². The van der Waals surface area contributed by atoms with Gasteiger partial charge in [-0.2, -0.15) is 0 Å². The van der Waals surface area contributed by atoms with Crippen molar-refractivity contribution in [3.05, 3.63) is 23.2 Å². The summed E-state index contributed by atoms with van der Waals surface area (Å²) in [4.78, 5) is 1.12. The molecule has 0 spiro atoms. The fraction of sp³-hybridized carbons (Fsp3) is 0.571.